The van der Waals surface area contributed by atoms with Crippen LogP contribution in [0.15, 0.2) is 18.2 Å². The zero-order valence-electron chi connectivity index (χ0n) is 8.31. The molecule has 1 N–H and O–H groups in total. The van der Waals surface area contributed by atoms with Crippen LogP contribution in [-0.4, -0.2) is 19.1 Å². The minimum absolute atomic E-state index is 0.205. The second-order valence-corrected chi connectivity index (χ2v) is 4.94. The Bertz CT molecular complexity index is 515. The first-order valence-corrected chi connectivity index (χ1v) is 5.95. The highest BCUT2D eigenvalue weighted by molar-refractivity contribution is 7.92. The number of nitro benzene ring substituents is 1. The SMILES string of the molecule is CCS(=O)(=O)Nc1ccc([N+](=O)[O-])cc1F. The molecule has 0 radical (unpaired) electrons. The molecular weight excluding hydrogens is 239 g/mol. The Morgan fingerprint density at radius 3 is 2.56 bits per heavy atom. The van der Waals surface area contributed by atoms with Crippen LogP contribution >= 0.6 is 0 Å². The van der Waals surface area contributed by atoms with Crippen molar-refractivity contribution in [2.75, 3.05) is 10.5 Å². The number of benzene rings is 1. The van der Waals surface area contributed by atoms with Crippen LogP contribution in [0, 0.1) is 15.9 Å². The summed E-state index contributed by atoms with van der Waals surface area (Å²) in [6, 6.07) is 2.70. The monoisotopic (exact) mass is 248 g/mol. The van der Waals surface area contributed by atoms with E-state index in [2.05, 4.69) is 0 Å². The molecule has 0 spiro atoms. The molecule has 1 aromatic rings. The number of nitrogens with one attached hydrogen (secondary N) is 1. The molecule has 0 fully saturated rings. The number of sulfonamides is 1. The van der Waals surface area contributed by atoms with Crippen LogP contribution < -0.4 is 4.72 Å². The van der Waals surface area contributed by atoms with Crippen LogP contribution in [0.1, 0.15) is 6.92 Å². The van der Waals surface area contributed by atoms with E-state index in [-0.39, 0.29) is 11.4 Å². The van der Waals surface area contributed by atoms with Crippen molar-refractivity contribution in [2.24, 2.45) is 0 Å². The first kappa shape index (κ1) is 12.4. The smallest absolute Gasteiger partial charge is 0.272 e. The number of halogens is 1. The maximum Gasteiger partial charge on any atom is 0.272 e. The summed E-state index contributed by atoms with van der Waals surface area (Å²) in [5.74, 6) is -1.19. The lowest BCUT2D eigenvalue weighted by Crippen LogP contribution is -2.15. The number of hydrogen-bond donors (Lipinski definition) is 1. The number of rotatable bonds is 4. The highest BCUT2D eigenvalue weighted by Crippen LogP contribution is 2.21. The van der Waals surface area contributed by atoms with Gasteiger partial charge in [-0.05, 0) is 13.0 Å². The number of anilines is 1. The third-order valence-corrected chi connectivity index (χ3v) is 3.10. The van der Waals surface area contributed by atoms with E-state index in [0.717, 1.165) is 12.1 Å². The lowest BCUT2D eigenvalue weighted by atomic mass is 10.3. The minimum atomic E-state index is -3.59. The van der Waals surface area contributed by atoms with Crippen LogP contribution in [0.2, 0.25) is 0 Å². The predicted octanol–water partition coefficient (Wildman–Crippen LogP) is 1.50. The zero-order chi connectivity index (χ0) is 12.3. The van der Waals surface area contributed by atoms with Crippen molar-refractivity contribution in [1.29, 1.82) is 0 Å². The summed E-state index contributed by atoms with van der Waals surface area (Å²) in [7, 11) is -3.59. The second-order valence-electron chi connectivity index (χ2n) is 2.93. The molecule has 1 rings (SSSR count). The lowest BCUT2D eigenvalue weighted by Gasteiger charge is -2.06. The van der Waals surface area contributed by atoms with E-state index in [1.807, 2.05) is 4.72 Å². The fourth-order valence-corrected chi connectivity index (χ4v) is 1.58. The van der Waals surface area contributed by atoms with Gasteiger partial charge in [0.15, 0.2) is 5.82 Å². The Morgan fingerprint density at radius 1 is 1.50 bits per heavy atom. The topological polar surface area (TPSA) is 89.3 Å². The number of nitro groups is 1. The number of non-ortho nitro benzene ring substituents is 1. The highest BCUT2D eigenvalue weighted by atomic mass is 32.2. The van der Waals surface area contributed by atoms with Gasteiger partial charge in [0.05, 0.1) is 22.4 Å². The second kappa shape index (κ2) is 4.44. The summed E-state index contributed by atoms with van der Waals surface area (Å²) in [5, 5.41) is 10.3. The van der Waals surface area contributed by atoms with Gasteiger partial charge in [-0.15, -0.1) is 0 Å². The molecule has 0 aromatic heterocycles. The summed E-state index contributed by atoms with van der Waals surface area (Å²) in [5.41, 5.74) is -0.732. The van der Waals surface area contributed by atoms with E-state index in [9.17, 15) is 22.9 Å². The predicted molar refractivity (Wildman–Crippen MR) is 56.1 cm³/mol. The molecule has 0 aliphatic rings. The maximum atomic E-state index is 13.2. The van der Waals surface area contributed by atoms with Gasteiger partial charge in [0, 0.05) is 6.07 Å². The normalized spacial score (nSPS) is 11.1. The van der Waals surface area contributed by atoms with Gasteiger partial charge >= 0.3 is 0 Å². The molecule has 0 unspecified atom stereocenters. The lowest BCUT2D eigenvalue weighted by molar-refractivity contribution is -0.385. The fraction of sp³-hybridized carbons (Fsp3) is 0.250. The standard InChI is InChI=1S/C8H9FN2O4S/c1-2-16(14,15)10-8-4-3-6(11(12)13)5-7(8)9/h3-5,10H,2H2,1H3. The molecule has 0 aliphatic heterocycles. The molecule has 16 heavy (non-hydrogen) atoms. The molecule has 8 heteroatoms. The van der Waals surface area contributed by atoms with E-state index >= 15 is 0 Å². The van der Waals surface area contributed by atoms with Gasteiger partial charge in [0.2, 0.25) is 10.0 Å². The van der Waals surface area contributed by atoms with E-state index in [1.54, 1.807) is 0 Å². The summed E-state index contributed by atoms with van der Waals surface area (Å²) in [6.07, 6.45) is 0. The van der Waals surface area contributed by atoms with Crippen molar-refractivity contribution in [2.45, 2.75) is 6.92 Å². The molecule has 0 saturated heterocycles. The molecule has 0 aliphatic carbocycles. The number of nitrogens with zero attached hydrogens (tertiary/aromatic N) is 1. The summed E-state index contributed by atoms with van der Waals surface area (Å²) < 4.78 is 37.5. The summed E-state index contributed by atoms with van der Waals surface area (Å²) in [6.45, 7) is 1.39. The van der Waals surface area contributed by atoms with Gasteiger partial charge in [0.1, 0.15) is 0 Å². The Balaban J connectivity index is 3.05. The average Bonchev–Trinajstić information content (AvgIpc) is 2.20. The third-order valence-electron chi connectivity index (χ3n) is 1.81. The van der Waals surface area contributed by atoms with Gasteiger partial charge in [-0.1, -0.05) is 0 Å². The van der Waals surface area contributed by atoms with Gasteiger partial charge in [0.25, 0.3) is 5.69 Å². The summed E-state index contributed by atoms with van der Waals surface area (Å²) in [4.78, 5) is 9.54. The molecule has 0 saturated carbocycles. The molecule has 0 bridgehead atoms. The van der Waals surface area contributed by atoms with Gasteiger partial charge in [-0.2, -0.15) is 0 Å². The van der Waals surface area contributed by atoms with Gasteiger partial charge in [-0.25, -0.2) is 12.8 Å². The van der Waals surface area contributed by atoms with Crippen LogP contribution in [-0.2, 0) is 10.0 Å². The van der Waals surface area contributed by atoms with E-state index in [4.69, 9.17) is 0 Å². The average molecular weight is 248 g/mol. The highest BCUT2D eigenvalue weighted by Gasteiger charge is 2.14. The quantitative estimate of drug-likeness (QED) is 0.645. The third kappa shape index (κ3) is 2.89. The van der Waals surface area contributed by atoms with Crippen molar-refractivity contribution >= 4 is 21.4 Å². The summed E-state index contributed by atoms with van der Waals surface area (Å²) >= 11 is 0. The van der Waals surface area contributed by atoms with Crippen LogP contribution in [0.3, 0.4) is 0 Å². The van der Waals surface area contributed by atoms with Gasteiger partial charge < -0.3 is 0 Å². The largest absolute Gasteiger partial charge is 0.281 e. The first-order valence-electron chi connectivity index (χ1n) is 4.30. The van der Waals surface area contributed by atoms with Crippen LogP contribution in [0.25, 0.3) is 0 Å². The number of hydrogen-bond acceptors (Lipinski definition) is 4. The van der Waals surface area contributed by atoms with E-state index < -0.39 is 26.5 Å². The Hall–Kier alpha value is -1.70. The van der Waals surface area contributed by atoms with Crippen molar-refractivity contribution in [3.8, 4) is 0 Å². The van der Waals surface area contributed by atoms with E-state index in [0.29, 0.717) is 6.07 Å². The van der Waals surface area contributed by atoms with Crippen molar-refractivity contribution in [1.82, 2.24) is 0 Å². The molecule has 0 amide bonds. The minimum Gasteiger partial charge on any atom is -0.281 e. The fourth-order valence-electron chi connectivity index (χ4n) is 0.940. The Kier molecular flexibility index (Phi) is 3.43. The molecule has 1 aromatic carbocycles. The van der Waals surface area contributed by atoms with Gasteiger partial charge in [-0.3, -0.25) is 14.8 Å². The molecule has 88 valence electrons. The van der Waals surface area contributed by atoms with Crippen LogP contribution in [0.4, 0.5) is 15.8 Å². The molecule has 0 atom stereocenters. The van der Waals surface area contributed by atoms with Crippen LogP contribution in [0.5, 0.6) is 0 Å². The molecular formula is C8H9FN2O4S. The molecule has 6 nitrogen and oxygen atoms in total. The van der Waals surface area contributed by atoms with Crippen molar-refractivity contribution in [3.63, 3.8) is 0 Å². The van der Waals surface area contributed by atoms with E-state index in [1.165, 1.54) is 6.92 Å². The van der Waals surface area contributed by atoms with Crippen molar-refractivity contribution < 1.29 is 17.7 Å². The maximum absolute atomic E-state index is 13.2. The molecule has 0 heterocycles. The first-order chi connectivity index (χ1) is 7.35. The Morgan fingerprint density at radius 2 is 2.12 bits per heavy atom. The Labute approximate surface area is 91.3 Å². The van der Waals surface area contributed by atoms with Crippen molar-refractivity contribution in [3.05, 3.63) is 34.1 Å². The zero-order valence-corrected chi connectivity index (χ0v) is 9.12.